The Morgan fingerprint density at radius 2 is 1.82 bits per heavy atom. The van der Waals surface area contributed by atoms with Gasteiger partial charge >= 0.3 is 0 Å². The first-order chi connectivity index (χ1) is 13.0. The third-order valence-corrected chi connectivity index (χ3v) is 5.02. The summed E-state index contributed by atoms with van der Waals surface area (Å²) in [7, 11) is 4.29. The minimum atomic E-state index is 0. The molecule has 1 aromatic carbocycles. The van der Waals surface area contributed by atoms with E-state index in [0.29, 0.717) is 12.6 Å². The maximum atomic E-state index is 5.52. The van der Waals surface area contributed by atoms with Gasteiger partial charge in [0.05, 0.1) is 13.2 Å². The van der Waals surface area contributed by atoms with E-state index in [-0.39, 0.29) is 24.0 Å². The highest BCUT2D eigenvalue weighted by Crippen LogP contribution is 2.13. The van der Waals surface area contributed by atoms with Crippen LogP contribution in [0, 0.1) is 0 Å². The van der Waals surface area contributed by atoms with E-state index in [4.69, 9.17) is 9.73 Å². The van der Waals surface area contributed by atoms with Gasteiger partial charge in [0.15, 0.2) is 5.96 Å². The molecule has 1 atom stereocenters. The zero-order valence-corrected chi connectivity index (χ0v) is 20.5. The lowest BCUT2D eigenvalue weighted by Crippen LogP contribution is -2.49. The zero-order valence-electron chi connectivity index (χ0n) is 18.1. The second-order valence-electron chi connectivity index (χ2n) is 7.32. The summed E-state index contributed by atoms with van der Waals surface area (Å²) in [4.78, 5) is 12.0. The molecule has 28 heavy (non-hydrogen) atoms. The maximum absolute atomic E-state index is 5.52. The molecule has 0 saturated carbocycles. The SMILES string of the molecule is CCNC(=NCC(C)N1CCN(C)CC1)N(C)Cc1ccc(OCC)cc1.I. The highest BCUT2D eigenvalue weighted by Gasteiger charge is 2.19. The number of nitrogens with zero attached hydrogens (tertiary/aromatic N) is 4. The Morgan fingerprint density at radius 3 is 2.39 bits per heavy atom. The van der Waals surface area contributed by atoms with Crippen molar-refractivity contribution >= 4 is 29.9 Å². The van der Waals surface area contributed by atoms with Gasteiger partial charge in [-0.2, -0.15) is 0 Å². The van der Waals surface area contributed by atoms with Crippen LogP contribution >= 0.6 is 24.0 Å². The van der Waals surface area contributed by atoms with Crippen LogP contribution in [0.4, 0.5) is 0 Å². The fraction of sp³-hybridized carbons (Fsp3) is 0.667. The molecule has 1 fully saturated rings. The molecule has 160 valence electrons. The number of piperazine rings is 1. The number of guanidine groups is 1. The third kappa shape index (κ3) is 8.13. The Bertz CT molecular complexity index is 573. The molecule has 1 heterocycles. The number of likely N-dealkylation sites (N-methyl/N-ethyl adjacent to an activating group) is 1. The van der Waals surface area contributed by atoms with Crippen molar-refractivity contribution in [3.8, 4) is 5.75 Å². The van der Waals surface area contributed by atoms with Crippen LogP contribution in [0.15, 0.2) is 29.3 Å². The van der Waals surface area contributed by atoms with Crippen molar-refractivity contribution in [3.05, 3.63) is 29.8 Å². The molecule has 2 rings (SSSR count). The monoisotopic (exact) mass is 503 g/mol. The minimum absolute atomic E-state index is 0. The van der Waals surface area contributed by atoms with Gasteiger partial charge in [-0.15, -0.1) is 24.0 Å². The zero-order chi connectivity index (χ0) is 19.6. The predicted octanol–water partition coefficient (Wildman–Crippen LogP) is 2.74. The average Bonchev–Trinajstić information content (AvgIpc) is 2.67. The van der Waals surface area contributed by atoms with E-state index in [1.165, 1.54) is 5.56 Å². The van der Waals surface area contributed by atoms with Crippen LogP contribution < -0.4 is 10.1 Å². The second-order valence-corrected chi connectivity index (χ2v) is 7.32. The molecule has 1 unspecified atom stereocenters. The number of halogens is 1. The highest BCUT2D eigenvalue weighted by molar-refractivity contribution is 14.0. The number of ether oxygens (including phenoxy) is 1. The summed E-state index contributed by atoms with van der Waals surface area (Å²) in [6.45, 7) is 14.2. The molecule has 0 bridgehead atoms. The van der Waals surface area contributed by atoms with Gasteiger partial charge in [0, 0.05) is 52.4 Å². The van der Waals surface area contributed by atoms with Crippen LogP contribution in [0.5, 0.6) is 5.75 Å². The normalized spacial score (nSPS) is 17.0. The summed E-state index contributed by atoms with van der Waals surface area (Å²) in [5.41, 5.74) is 1.25. The van der Waals surface area contributed by atoms with Gasteiger partial charge in [0.2, 0.25) is 0 Å². The Morgan fingerprint density at radius 1 is 1.18 bits per heavy atom. The molecule has 0 radical (unpaired) electrons. The van der Waals surface area contributed by atoms with E-state index < -0.39 is 0 Å². The van der Waals surface area contributed by atoms with Gasteiger partial charge in [-0.05, 0) is 45.5 Å². The Kier molecular flexibility index (Phi) is 11.8. The lowest BCUT2D eigenvalue weighted by molar-refractivity contribution is 0.122. The third-order valence-electron chi connectivity index (χ3n) is 5.02. The van der Waals surface area contributed by atoms with Gasteiger partial charge in [0.1, 0.15) is 5.75 Å². The first kappa shape index (κ1) is 25.0. The first-order valence-electron chi connectivity index (χ1n) is 10.2. The van der Waals surface area contributed by atoms with Crippen LogP contribution in [0.3, 0.4) is 0 Å². The number of hydrogen-bond donors (Lipinski definition) is 1. The van der Waals surface area contributed by atoms with Crippen LogP contribution in [0.25, 0.3) is 0 Å². The standard InChI is InChI=1S/C21H37N5O.HI/c1-6-22-21(23-16-18(3)26-14-12-24(4)13-15-26)25(5)17-19-8-10-20(11-9-19)27-7-2;/h8-11,18H,6-7,12-17H2,1-5H3,(H,22,23);1H. The number of nitrogens with one attached hydrogen (secondary N) is 1. The molecular weight excluding hydrogens is 465 g/mol. The van der Waals surface area contributed by atoms with Crippen molar-refractivity contribution in [1.29, 1.82) is 0 Å². The summed E-state index contributed by atoms with van der Waals surface area (Å²) in [6.07, 6.45) is 0. The van der Waals surface area contributed by atoms with E-state index in [9.17, 15) is 0 Å². The minimum Gasteiger partial charge on any atom is -0.494 e. The molecule has 1 saturated heterocycles. The van der Waals surface area contributed by atoms with Crippen LogP contribution in [-0.4, -0.2) is 86.7 Å². The summed E-state index contributed by atoms with van der Waals surface area (Å²) in [6, 6.07) is 8.78. The maximum Gasteiger partial charge on any atom is 0.194 e. The van der Waals surface area contributed by atoms with Gasteiger partial charge in [-0.25, -0.2) is 0 Å². The first-order valence-corrected chi connectivity index (χ1v) is 10.2. The van der Waals surface area contributed by atoms with E-state index in [2.05, 4.69) is 60.1 Å². The van der Waals surface area contributed by atoms with Gasteiger partial charge in [0.25, 0.3) is 0 Å². The molecule has 1 aliphatic rings. The summed E-state index contributed by atoms with van der Waals surface area (Å²) in [5, 5.41) is 3.42. The Labute approximate surface area is 188 Å². The lowest BCUT2D eigenvalue weighted by atomic mass is 10.2. The fourth-order valence-corrected chi connectivity index (χ4v) is 3.27. The number of aliphatic imine (C=N–C) groups is 1. The summed E-state index contributed by atoms with van der Waals surface area (Å²) < 4.78 is 5.52. The van der Waals surface area contributed by atoms with E-state index >= 15 is 0 Å². The Hall–Kier alpha value is -1.06. The van der Waals surface area contributed by atoms with Crippen LogP contribution in [-0.2, 0) is 6.54 Å². The van der Waals surface area contributed by atoms with Gasteiger partial charge in [-0.3, -0.25) is 9.89 Å². The molecular formula is C21H38IN5O. The van der Waals surface area contributed by atoms with E-state index in [0.717, 1.165) is 57.5 Å². The van der Waals surface area contributed by atoms with Crippen LogP contribution in [0.2, 0.25) is 0 Å². The van der Waals surface area contributed by atoms with E-state index in [1.807, 2.05) is 19.1 Å². The molecule has 0 amide bonds. The van der Waals surface area contributed by atoms with Gasteiger partial charge < -0.3 is 19.9 Å². The molecule has 0 spiro atoms. The van der Waals surface area contributed by atoms with Crippen molar-refractivity contribution in [2.45, 2.75) is 33.4 Å². The van der Waals surface area contributed by atoms with E-state index in [1.54, 1.807) is 0 Å². The molecule has 0 aliphatic carbocycles. The summed E-state index contributed by atoms with van der Waals surface area (Å²) >= 11 is 0. The quantitative estimate of drug-likeness (QED) is 0.336. The average molecular weight is 503 g/mol. The number of hydrogen-bond acceptors (Lipinski definition) is 4. The van der Waals surface area contributed by atoms with Crippen molar-refractivity contribution < 1.29 is 4.74 Å². The second kappa shape index (κ2) is 13.2. The molecule has 1 aromatic rings. The summed E-state index contributed by atoms with van der Waals surface area (Å²) in [5.74, 6) is 1.89. The van der Waals surface area contributed by atoms with Gasteiger partial charge in [-0.1, -0.05) is 12.1 Å². The fourth-order valence-electron chi connectivity index (χ4n) is 3.27. The molecule has 0 aromatic heterocycles. The van der Waals surface area contributed by atoms with Crippen LogP contribution in [0.1, 0.15) is 26.3 Å². The topological polar surface area (TPSA) is 43.3 Å². The molecule has 7 heteroatoms. The Balaban J connectivity index is 0.00000392. The highest BCUT2D eigenvalue weighted by atomic mass is 127. The van der Waals surface area contributed by atoms with Crippen molar-refractivity contribution in [2.75, 3.05) is 60.0 Å². The smallest absolute Gasteiger partial charge is 0.194 e. The van der Waals surface area contributed by atoms with Crippen molar-refractivity contribution in [2.24, 2.45) is 4.99 Å². The molecule has 6 nitrogen and oxygen atoms in total. The molecule has 1 N–H and O–H groups in total. The lowest BCUT2D eigenvalue weighted by Gasteiger charge is -2.36. The number of benzene rings is 1. The predicted molar refractivity (Wildman–Crippen MR) is 129 cm³/mol. The molecule has 1 aliphatic heterocycles. The number of rotatable bonds is 8. The van der Waals surface area contributed by atoms with Crippen molar-refractivity contribution in [3.63, 3.8) is 0 Å². The largest absolute Gasteiger partial charge is 0.494 e. The van der Waals surface area contributed by atoms with Crippen molar-refractivity contribution in [1.82, 2.24) is 20.0 Å².